The minimum absolute atomic E-state index is 0.0687. The van der Waals surface area contributed by atoms with Gasteiger partial charge in [-0.25, -0.2) is 18.0 Å². The summed E-state index contributed by atoms with van der Waals surface area (Å²) in [6.07, 6.45) is -0.00645. The van der Waals surface area contributed by atoms with E-state index in [4.69, 9.17) is 21.1 Å². The molecule has 3 rings (SSSR count). The number of esters is 1. The second-order valence-corrected chi connectivity index (χ2v) is 11.4. The molecule has 0 saturated carbocycles. The van der Waals surface area contributed by atoms with Crippen LogP contribution in [-0.4, -0.2) is 61.5 Å². The molecule has 184 valence electrons. The third-order valence-electron chi connectivity index (χ3n) is 5.36. The molecular weight excluding hydrogens is 480 g/mol. The van der Waals surface area contributed by atoms with Gasteiger partial charge in [-0.05, 0) is 69.2 Å². The van der Waals surface area contributed by atoms with Crippen LogP contribution >= 0.6 is 11.6 Å². The molecule has 1 unspecified atom stereocenters. The summed E-state index contributed by atoms with van der Waals surface area (Å²) in [7, 11) is -2.61. The van der Waals surface area contributed by atoms with Crippen molar-refractivity contribution in [3.05, 3.63) is 64.7 Å². The van der Waals surface area contributed by atoms with Crippen molar-refractivity contribution in [2.45, 2.75) is 50.3 Å². The van der Waals surface area contributed by atoms with Gasteiger partial charge in [-0.15, -0.1) is 0 Å². The Balaban J connectivity index is 1.89. The number of likely N-dealkylation sites (tertiary alicyclic amines) is 1. The van der Waals surface area contributed by atoms with Crippen LogP contribution in [0.15, 0.2) is 53.4 Å². The molecule has 34 heavy (non-hydrogen) atoms. The maximum absolute atomic E-state index is 13.6. The summed E-state index contributed by atoms with van der Waals surface area (Å²) in [6, 6.07) is 12.1. The summed E-state index contributed by atoms with van der Waals surface area (Å²) < 4.78 is 38.9. The van der Waals surface area contributed by atoms with Crippen molar-refractivity contribution in [1.29, 1.82) is 0 Å². The number of halogens is 1. The second-order valence-electron chi connectivity index (χ2n) is 9.06. The summed E-state index contributed by atoms with van der Waals surface area (Å²) in [5.74, 6) is -0.471. The highest BCUT2D eigenvalue weighted by Gasteiger charge is 2.38. The van der Waals surface area contributed by atoms with Crippen molar-refractivity contribution in [3.8, 4) is 0 Å². The van der Waals surface area contributed by atoms with Crippen LogP contribution in [0.2, 0.25) is 5.02 Å². The van der Waals surface area contributed by atoms with E-state index in [-0.39, 0.29) is 18.0 Å². The molecule has 1 fully saturated rings. The third kappa shape index (κ3) is 6.28. The fourth-order valence-corrected chi connectivity index (χ4v) is 5.43. The van der Waals surface area contributed by atoms with E-state index < -0.39 is 33.7 Å². The first-order chi connectivity index (χ1) is 15.9. The molecule has 1 atom stereocenters. The number of carbonyl (C=O) groups excluding carboxylic acids is 2. The van der Waals surface area contributed by atoms with E-state index in [2.05, 4.69) is 0 Å². The molecule has 0 spiro atoms. The third-order valence-corrected chi connectivity index (χ3v) is 7.52. The van der Waals surface area contributed by atoms with Gasteiger partial charge in [-0.3, -0.25) is 0 Å². The Morgan fingerprint density at radius 1 is 1.09 bits per heavy atom. The molecule has 0 N–H and O–H groups in total. The van der Waals surface area contributed by atoms with Crippen molar-refractivity contribution in [3.63, 3.8) is 0 Å². The predicted molar refractivity (Wildman–Crippen MR) is 128 cm³/mol. The highest BCUT2D eigenvalue weighted by atomic mass is 35.5. The summed E-state index contributed by atoms with van der Waals surface area (Å²) in [4.78, 5) is 25.9. The Labute approximate surface area is 205 Å². The molecule has 1 amide bonds. The van der Waals surface area contributed by atoms with Gasteiger partial charge < -0.3 is 14.4 Å². The van der Waals surface area contributed by atoms with Gasteiger partial charge in [0.05, 0.1) is 17.6 Å². The largest absolute Gasteiger partial charge is 0.465 e. The van der Waals surface area contributed by atoms with Crippen LogP contribution in [0.3, 0.4) is 0 Å². The summed E-state index contributed by atoms with van der Waals surface area (Å²) >= 11 is 5.95. The van der Waals surface area contributed by atoms with Crippen molar-refractivity contribution >= 4 is 33.7 Å². The van der Waals surface area contributed by atoms with E-state index in [1.807, 2.05) is 0 Å². The monoisotopic (exact) mass is 508 g/mol. The van der Waals surface area contributed by atoms with Crippen LogP contribution in [0.5, 0.6) is 0 Å². The highest BCUT2D eigenvalue weighted by Crippen LogP contribution is 2.28. The maximum Gasteiger partial charge on any atom is 0.410 e. The number of amides is 1. The lowest BCUT2D eigenvalue weighted by Gasteiger charge is -2.29. The number of hydrogen-bond donors (Lipinski definition) is 0. The fraction of sp³-hybridized carbons (Fsp3) is 0.417. The molecule has 0 bridgehead atoms. The zero-order valence-corrected chi connectivity index (χ0v) is 21.2. The van der Waals surface area contributed by atoms with Gasteiger partial charge in [0.25, 0.3) is 0 Å². The van der Waals surface area contributed by atoms with E-state index in [1.165, 1.54) is 40.6 Å². The molecule has 0 radical (unpaired) electrons. The van der Waals surface area contributed by atoms with Gasteiger partial charge in [0, 0.05) is 30.7 Å². The maximum atomic E-state index is 13.6. The van der Waals surface area contributed by atoms with Gasteiger partial charge in [0.2, 0.25) is 10.0 Å². The molecule has 8 nitrogen and oxygen atoms in total. The van der Waals surface area contributed by atoms with Crippen LogP contribution in [0, 0.1) is 0 Å². The Kier molecular flexibility index (Phi) is 7.90. The fourth-order valence-electron chi connectivity index (χ4n) is 3.67. The molecule has 0 aliphatic carbocycles. The number of methoxy groups -OCH3 is 1. The summed E-state index contributed by atoms with van der Waals surface area (Å²) in [6.45, 7) is 6.02. The SMILES string of the molecule is COC(=O)c1ccc(CN(C2CCN(C(=O)OC(C)(C)C)C2)S(=O)(=O)c2ccc(Cl)cc2)cc1. The Morgan fingerprint density at radius 2 is 1.71 bits per heavy atom. The highest BCUT2D eigenvalue weighted by molar-refractivity contribution is 7.89. The van der Waals surface area contributed by atoms with Gasteiger partial charge in [-0.2, -0.15) is 4.31 Å². The van der Waals surface area contributed by atoms with Gasteiger partial charge >= 0.3 is 12.1 Å². The minimum atomic E-state index is -3.91. The average molecular weight is 509 g/mol. The molecule has 2 aromatic carbocycles. The minimum Gasteiger partial charge on any atom is -0.465 e. The Hall–Kier alpha value is -2.62. The lowest BCUT2D eigenvalue weighted by molar-refractivity contribution is 0.0285. The van der Waals surface area contributed by atoms with Crippen molar-refractivity contribution in [2.24, 2.45) is 0 Å². The molecule has 10 heteroatoms. The second kappa shape index (κ2) is 10.3. The zero-order chi connectivity index (χ0) is 25.1. The average Bonchev–Trinajstić information content (AvgIpc) is 3.26. The van der Waals surface area contributed by atoms with E-state index in [0.717, 1.165) is 0 Å². The number of benzene rings is 2. The molecule has 2 aromatic rings. The molecule has 1 aliphatic rings. The predicted octanol–water partition coefficient (Wildman–Crippen LogP) is 4.33. The number of rotatable bonds is 6. The van der Waals surface area contributed by atoms with E-state index in [9.17, 15) is 18.0 Å². The quantitative estimate of drug-likeness (QED) is 0.539. The Morgan fingerprint density at radius 3 is 2.26 bits per heavy atom. The van der Waals surface area contributed by atoms with Crippen LogP contribution in [0.1, 0.15) is 43.1 Å². The smallest absolute Gasteiger partial charge is 0.410 e. The number of hydrogen-bond acceptors (Lipinski definition) is 6. The first kappa shape index (κ1) is 26.0. The molecule has 1 aliphatic heterocycles. The number of nitrogens with zero attached hydrogens (tertiary/aromatic N) is 2. The first-order valence-electron chi connectivity index (χ1n) is 10.8. The van der Waals surface area contributed by atoms with Crippen LogP contribution in [0.4, 0.5) is 4.79 Å². The lowest BCUT2D eigenvalue weighted by atomic mass is 10.1. The van der Waals surface area contributed by atoms with Gasteiger partial charge in [0.1, 0.15) is 5.60 Å². The molecule has 0 aromatic heterocycles. The Bertz CT molecular complexity index is 1130. The first-order valence-corrected chi connectivity index (χ1v) is 12.6. The van der Waals surface area contributed by atoms with Crippen LogP contribution in [0.25, 0.3) is 0 Å². The number of carbonyl (C=O) groups is 2. The van der Waals surface area contributed by atoms with Crippen LogP contribution < -0.4 is 0 Å². The normalized spacial score (nSPS) is 16.5. The number of ether oxygens (including phenoxy) is 2. The summed E-state index contributed by atoms with van der Waals surface area (Å²) in [5, 5.41) is 0.431. The van der Waals surface area contributed by atoms with E-state index >= 15 is 0 Å². The van der Waals surface area contributed by atoms with Crippen molar-refractivity contribution in [1.82, 2.24) is 9.21 Å². The molecule has 1 saturated heterocycles. The zero-order valence-electron chi connectivity index (χ0n) is 19.7. The lowest BCUT2D eigenvalue weighted by Crippen LogP contribution is -2.43. The van der Waals surface area contributed by atoms with E-state index in [0.29, 0.717) is 29.1 Å². The van der Waals surface area contributed by atoms with E-state index in [1.54, 1.807) is 45.0 Å². The number of sulfonamides is 1. The molecular formula is C24H29ClN2O6S. The van der Waals surface area contributed by atoms with Crippen molar-refractivity contribution in [2.75, 3.05) is 20.2 Å². The van der Waals surface area contributed by atoms with Gasteiger partial charge in [0.15, 0.2) is 0 Å². The van der Waals surface area contributed by atoms with Gasteiger partial charge in [-0.1, -0.05) is 23.7 Å². The van der Waals surface area contributed by atoms with Crippen molar-refractivity contribution < 1.29 is 27.5 Å². The standard InChI is InChI=1S/C24H29ClN2O6S/c1-24(2,3)33-23(29)26-14-13-20(16-26)27(34(30,31)21-11-9-19(25)10-12-21)15-17-5-7-18(8-6-17)22(28)32-4/h5-12,20H,13-16H2,1-4H3. The topological polar surface area (TPSA) is 93.2 Å². The summed E-state index contributed by atoms with van der Waals surface area (Å²) in [5.41, 5.74) is 0.419. The molecule has 1 heterocycles. The van der Waals surface area contributed by atoms with Crippen LogP contribution in [-0.2, 0) is 26.0 Å².